The molecule has 0 spiro atoms. The molecule has 4 rings (SSSR count). The summed E-state index contributed by atoms with van der Waals surface area (Å²) >= 11 is 1.21. The van der Waals surface area contributed by atoms with Gasteiger partial charge in [0.15, 0.2) is 11.0 Å². The Hall–Kier alpha value is -4.64. The largest absolute Gasteiger partial charge is 0.545 e. The Balaban J connectivity index is 1.49. The second-order valence-electron chi connectivity index (χ2n) is 7.56. The number of ether oxygens (including phenoxy) is 2. The lowest BCUT2D eigenvalue weighted by atomic mass is 10.1. The standard InChI is InChI=1S/C26H23N5O5S/c1-35-21-11-7-18(8-12-21)24-29-30-26(31(24)20-9-13-22(36-2)14-10-20)37-16-23(32)28-27-15-17-3-5-19(6-4-17)25(33)34/h3-15H,16H2,1-2H3,(H,28,32)(H,33,34)/p-1. The molecule has 188 valence electrons. The number of carbonyl (C=O) groups excluding carboxylic acids is 2. The van der Waals surface area contributed by atoms with Crippen molar-refractivity contribution in [2.24, 2.45) is 5.10 Å². The maximum atomic E-state index is 12.4. The number of thioether (sulfide) groups is 1. The van der Waals surface area contributed by atoms with Crippen LogP contribution in [0.4, 0.5) is 0 Å². The highest BCUT2D eigenvalue weighted by atomic mass is 32.2. The van der Waals surface area contributed by atoms with Crippen LogP contribution < -0.4 is 20.0 Å². The first kappa shape index (κ1) is 25.5. The van der Waals surface area contributed by atoms with E-state index in [0.717, 1.165) is 17.0 Å². The first-order valence-electron chi connectivity index (χ1n) is 11.0. The number of benzene rings is 3. The molecule has 1 aromatic heterocycles. The van der Waals surface area contributed by atoms with Crippen LogP contribution in [0.5, 0.6) is 11.5 Å². The van der Waals surface area contributed by atoms with Crippen molar-refractivity contribution < 1.29 is 24.2 Å². The fourth-order valence-corrected chi connectivity index (χ4v) is 4.05. The van der Waals surface area contributed by atoms with E-state index in [1.165, 1.54) is 30.1 Å². The minimum absolute atomic E-state index is 0.0395. The predicted octanol–water partition coefficient (Wildman–Crippen LogP) is 2.56. The highest BCUT2D eigenvalue weighted by Gasteiger charge is 2.17. The van der Waals surface area contributed by atoms with Crippen LogP contribution in [-0.2, 0) is 4.79 Å². The van der Waals surface area contributed by atoms with E-state index in [-0.39, 0.29) is 17.2 Å². The van der Waals surface area contributed by atoms with Gasteiger partial charge in [-0.05, 0) is 59.7 Å². The molecule has 0 fully saturated rings. The minimum Gasteiger partial charge on any atom is -0.545 e. The van der Waals surface area contributed by atoms with Crippen LogP contribution in [0.2, 0.25) is 0 Å². The topological polar surface area (TPSA) is 131 Å². The summed E-state index contributed by atoms with van der Waals surface area (Å²) < 4.78 is 12.4. The number of hydrogen-bond acceptors (Lipinski definition) is 9. The van der Waals surface area contributed by atoms with Crippen molar-refractivity contribution in [2.75, 3.05) is 20.0 Å². The molecule has 0 saturated carbocycles. The van der Waals surface area contributed by atoms with Crippen molar-refractivity contribution in [3.05, 3.63) is 83.9 Å². The molecule has 0 aliphatic rings. The Morgan fingerprint density at radius 2 is 1.57 bits per heavy atom. The summed E-state index contributed by atoms with van der Waals surface area (Å²) in [5, 5.41) is 24.0. The molecule has 3 aromatic carbocycles. The average molecular weight is 517 g/mol. The van der Waals surface area contributed by atoms with Crippen LogP contribution in [-0.4, -0.2) is 52.8 Å². The molecular weight excluding hydrogens is 494 g/mol. The average Bonchev–Trinajstić information content (AvgIpc) is 3.36. The van der Waals surface area contributed by atoms with Crippen LogP contribution in [0.15, 0.2) is 83.1 Å². The van der Waals surface area contributed by atoms with Gasteiger partial charge in [-0.3, -0.25) is 9.36 Å². The number of hydrazone groups is 1. The summed E-state index contributed by atoms with van der Waals surface area (Å²) in [5.41, 5.74) is 4.78. The van der Waals surface area contributed by atoms with E-state index in [2.05, 4.69) is 20.7 Å². The van der Waals surface area contributed by atoms with E-state index < -0.39 is 5.97 Å². The van der Waals surface area contributed by atoms with Crippen molar-refractivity contribution in [3.63, 3.8) is 0 Å². The molecule has 0 atom stereocenters. The van der Waals surface area contributed by atoms with E-state index in [9.17, 15) is 14.7 Å². The summed E-state index contributed by atoms with van der Waals surface area (Å²) in [6, 6.07) is 20.8. The number of methoxy groups -OCH3 is 2. The zero-order valence-electron chi connectivity index (χ0n) is 20.0. The van der Waals surface area contributed by atoms with Gasteiger partial charge in [-0.1, -0.05) is 36.0 Å². The highest BCUT2D eigenvalue weighted by molar-refractivity contribution is 7.99. The van der Waals surface area contributed by atoms with Gasteiger partial charge in [0, 0.05) is 11.3 Å². The molecule has 4 aromatic rings. The van der Waals surface area contributed by atoms with Gasteiger partial charge in [-0.25, -0.2) is 5.43 Å². The molecule has 10 nitrogen and oxygen atoms in total. The molecule has 0 aliphatic heterocycles. The van der Waals surface area contributed by atoms with Gasteiger partial charge in [-0.2, -0.15) is 5.10 Å². The molecule has 1 heterocycles. The number of aromatic nitrogens is 3. The number of rotatable bonds is 10. The Kier molecular flexibility index (Phi) is 8.16. The highest BCUT2D eigenvalue weighted by Crippen LogP contribution is 2.29. The van der Waals surface area contributed by atoms with Crippen LogP contribution in [0.25, 0.3) is 17.1 Å². The predicted molar refractivity (Wildman–Crippen MR) is 137 cm³/mol. The normalized spacial score (nSPS) is 10.9. The molecule has 11 heteroatoms. The zero-order chi connectivity index (χ0) is 26.2. The lowest BCUT2D eigenvalue weighted by molar-refractivity contribution is -0.255. The van der Waals surface area contributed by atoms with E-state index in [1.807, 2.05) is 53.1 Å². The number of nitrogens with zero attached hydrogens (tertiary/aromatic N) is 4. The third-order valence-electron chi connectivity index (χ3n) is 5.19. The maximum Gasteiger partial charge on any atom is 0.250 e. The molecule has 0 aliphatic carbocycles. The lowest BCUT2D eigenvalue weighted by Crippen LogP contribution is -2.22. The monoisotopic (exact) mass is 516 g/mol. The molecular formula is C26H22N5O5S-. The van der Waals surface area contributed by atoms with Crippen LogP contribution in [0.3, 0.4) is 0 Å². The molecule has 0 saturated heterocycles. The number of hydrogen-bond donors (Lipinski definition) is 1. The summed E-state index contributed by atoms with van der Waals surface area (Å²) in [7, 11) is 3.20. The molecule has 1 N–H and O–H groups in total. The Bertz CT molecular complexity index is 1400. The Morgan fingerprint density at radius 3 is 2.16 bits per heavy atom. The number of aromatic carboxylic acids is 1. The van der Waals surface area contributed by atoms with Crippen molar-refractivity contribution in [2.45, 2.75) is 5.16 Å². The van der Waals surface area contributed by atoms with Crippen LogP contribution in [0.1, 0.15) is 15.9 Å². The van der Waals surface area contributed by atoms with Crippen molar-refractivity contribution in [1.29, 1.82) is 0 Å². The Morgan fingerprint density at radius 1 is 0.946 bits per heavy atom. The first-order chi connectivity index (χ1) is 18.0. The van der Waals surface area contributed by atoms with Gasteiger partial charge in [0.05, 0.1) is 32.2 Å². The summed E-state index contributed by atoms with van der Waals surface area (Å²) in [6.45, 7) is 0. The van der Waals surface area contributed by atoms with E-state index in [0.29, 0.717) is 22.3 Å². The number of amides is 1. The fourth-order valence-electron chi connectivity index (χ4n) is 3.30. The quantitative estimate of drug-likeness (QED) is 0.193. The molecule has 37 heavy (non-hydrogen) atoms. The molecule has 0 radical (unpaired) electrons. The zero-order valence-corrected chi connectivity index (χ0v) is 20.8. The smallest absolute Gasteiger partial charge is 0.250 e. The summed E-state index contributed by atoms with van der Waals surface area (Å²) in [6.07, 6.45) is 1.42. The van der Waals surface area contributed by atoms with Gasteiger partial charge in [0.1, 0.15) is 11.5 Å². The minimum atomic E-state index is -1.26. The maximum absolute atomic E-state index is 12.4. The lowest BCUT2D eigenvalue weighted by Gasteiger charge is -2.11. The number of carbonyl (C=O) groups is 2. The van der Waals surface area contributed by atoms with Gasteiger partial charge < -0.3 is 19.4 Å². The first-order valence-corrected chi connectivity index (χ1v) is 12.0. The SMILES string of the molecule is COc1ccc(-c2nnc(SCC(=O)NN=Cc3ccc(C(=O)[O-])cc3)n2-c2ccc(OC)cc2)cc1. The molecule has 0 bridgehead atoms. The van der Waals surface area contributed by atoms with Gasteiger partial charge >= 0.3 is 0 Å². The number of carboxylic acid groups (broad SMARTS) is 1. The summed E-state index contributed by atoms with van der Waals surface area (Å²) in [5.74, 6) is 0.477. The second-order valence-corrected chi connectivity index (χ2v) is 8.50. The third-order valence-corrected chi connectivity index (χ3v) is 6.12. The second kappa shape index (κ2) is 11.9. The fraction of sp³-hybridized carbons (Fsp3) is 0.115. The van der Waals surface area contributed by atoms with Crippen molar-refractivity contribution in [3.8, 4) is 28.6 Å². The van der Waals surface area contributed by atoms with E-state index in [1.54, 1.807) is 26.4 Å². The molecule has 0 unspecified atom stereocenters. The van der Waals surface area contributed by atoms with Gasteiger partial charge in [0.25, 0.3) is 5.91 Å². The third kappa shape index (κ3) is 6.33. The molecule has 1 amide bonds. The van der Waals surface area contributed by atoms with Gasteiger partial charge in [-0.15, -0.1) is 10.2 Å². The van der Waals surface area contributed by atoms with E-state index in [4.69, 9.17) is 9.47 Å². The number of nitrogens with one attached hydrogen (secondary N) is 1. The van der Waals surface area contributed by atoms with E-state index >= 15 is 0 Å². The Labute approximate surface area is 217 Å². The number of carboxylic acids is 1. The van der Waals surface area contributed by atoms with Crippen molar-refractivity contribution >= 4 is 29.9 Å². The van der Waals surface area contributed by atoms with Gasteiger partial charge in [0.2, 0.25) is 0 Å². The van der Waals surface area contributed by atoms with Crippen LogP contribution >= 0.6 is 11.8 Å². The van der Waals surface area contributed by atoms with Crippen LogP contribution in [0, 0.1) is 0 Å². The summed E-state index contributed by atoms with van der Waals surface area (Å²) in [4.78, 5) is 23.2. The van der Waals surface area contributed by atoms with Crippen molar-refractivity contribution in [1.82, 2.24) is 20.2 Å².